The van der Waals surface area contributed by atoms with Crippen molar-refractivity contribution in [1.29, 1.82) is 0 Å². The minimum Gasteiger partial charge on any atom is -0.468 e. The van der Waals surface area contributed by atoms with E-state index in [2.05, 4.69) is 15.4 Å². The van der Waals surface area contributed by atoms with Crippen LogP contribution in [0.2, 0.25) is 0 Å². The third-order valence-electron chi connectivity index (χ3n) is 3.52. The largest absolute Gasteiger partial charge is 0.468 e. The molecule has 1 aliphatic rings. The minimum atomic E-state index is -0.651. The highest BCUT2D eigenvalue weighted by molar-refractivity contribution is 5.80. The molecule has 6 heteroatoms. The number of hydrogen-bond donors (Lipinski definition) is 1. The first-order chi connectivity index (χ1) is 8.94. The smallest absolute Gasteiger partial charge is 0.325 e. The molecule has 1 atom stereocenters. The Morgan fingerprint density at radius 1 is 1.53 bits per heavy atom. The number of aryl methyl sites for hydroxylation is 3. The number of nitrogens with zero attached hydrogens (tertiary/aromatic N) is 3. The van der Waals surface area contributed by atoms with Crippen molar-refractivity contribution in [1.82, 2.24) is 20.1 Å². The number of nitrogens with one attached hydrogen (secondary N) is 1. The van der Waals surface area contributed by atoms with Gasteiger partial charge in [0.2, 0.25) is 0 Å². The van der Waals surface area contributed by atoms with E-state index in [9.17, 15) is 4.79 Å². The molecule has 1 N–H and O–H groups in total. The third kappa shape index (κ3) is 3.32. The Morgan fingerprint density at radius 3 is 2.68 bits per heavy atom. The van der Waals surface area contributed by atoms with Gasteiger partial charge in [-0.05, 0) is 40.0 Å². The predicted molar refractivity (Wildman–Crippen MR) is 70.7 cm³/mol. The molecule has 0 radical (unpaired) electrons. The van der Waals surface area contributed by atoms with Crippen molar-refractivity contribution in [3.63, 3.8) is 0 Å². The topological polar surface area (TPSA) is 69.0 Å². The van der Waals surface area contributed by atoms with Gasteiger partial charge >= 0.3 is 5.97 Å². The minimum absolute atomic E-state index is 0.214. The fraction of sp³-hybridized carbons (Fsp3) is 0.769. The Bertz CT molecular complexity index is 467. The van der Waals surface area contributed by atoms with Gasteiger partial charge in [-0.1, -0.05) is 0 Å². The van der Waals surface area contributed by atoms with Crippen molar-refractivity contribution in [3.8, 4) is 0 Å². The summed E-state index contributed by atoms with van der Waals surface area (Å²) >= 11 is 0. The SMILES string of the molecule is COC(=O)C(C)(CCn1nc(C)nc1C)NC1CC1. The Kier molecular flexibility index (Phi) is 3.89. The molecule has 0 aromatic carbocycles. The molecule has 6 nitrogen and oxygen atoms in total. The van der Waals surface area contributed by atoms with E-state index in [0.717, 1.165) is 24.5 Å². The van der Waals surface area contributed by atoms with Crippen LogP contribution in [-0.2, 0) is 16.1 Å². The van der Waals surface area contributed by atoms with Crippen molar-refractivity contribution in [2.24, 2.45) is 0 Å². The maximum absolute atomic E-state index is 12.0. The molecule has 1 aliphatic carbocycles. The zero-order chi connectivity index (χ0) is 14.0. The van der Waals surface area contributed by atoms with Gasteiger partial charge in [-0.15, -0.1) is 0 Å². The average molecular weight is 266 g/mol. The molecule has 106 valence electrons. The monoisotopic (exact) mass is 266 g/mol. The van der Waals surface area contributed by atoms with Crippen molar-refractivity contribution in [2.75, 3.05) is 7.11 Å². The zero-order valence-electron chi connectivity index (χ0n) is 12.1. The summed E-state index contributed by atoms with van der Waals surface area (Å²) in [6, 6.07) is 0.447. The molecule has 2 rings (SSSR count). The van der Waals surface area contributed by atoms with Gasteiger partial charge in [-0.3, -0.25) is 14.8 Å². The number of esters is 1. The quantitative estimate of drug-likeness (QED) is 0.777. The Hall–Kier alpha value is -1.43. The summed E-state index contributed by atoms with van der Waals surface area (Å²) in [5, 5.41) is 7.70. The van der Waals surface area contributed by atoms with Crippen molar-refractivity contribution < 1.29 is 9.53 Å². The summed E-state index contributed by atoms with van der Waals surface area (Å²) in [5.74, 6) is 1.41. The normalized spacial score (nSPS) is 18.1. The van der Waals surface area contributed by atoms with Gasteiger partial charge in [0.05, 0.1) is 7.11 Å². The summed E-state index contributed by atoms with van der Waals surface area (Å²) < 4.78 is 6.76. The highest BCUT2D eigenvalue weighted by atomic mass is 16.5. The number of carbonyl (C=O) groups excluding carboxylic acids is 1. The summed E-state index contributed by atoms with van der Waals surface area (Å²) in [6.45, 7) is 6.34. The number of carbonyl (C=O) groups is 1. The van der Waals surface area contributed by atoms with E-state index in [1.165, 1.54) is 7.11 Å². The highest BCUT2D eigenvalue weighted by Gasteiger charge is 2.39. The van der Waals surface area contributed by atoms with E-state index >= 15 is 0 Å². The second kappa shape index (κ2) is 5.28. The van der Waals surface area contributed by atoms with Crippen LogP contribution in [0.4, 0.5) is 0 Å². The van der Waals surface area contributed by atoms with Crippen LogP contribution < -0.4 is 5.32 Å². The second-order valence-electron chi connectivity index (χ2n) is 5.42. The van der Waals surface area contributed by atoms with E-state index in [1.807, 2.05) is 25.5 Å². The Morgan fingerprint density at radius 2 is 2.21 bits per heavy atom. The Balaban J connectivity index is 2.03. The first-order valence-electron chi connectivity index (χ1n) is 6.69. The van der Waals surface area contributed by atoms with E-state index < -0.39 is 5.54 Å². The lowest BCUT2D eigenvalue weighted by molar-refractivity contribution is -0.148. The van der Waals surface area contributed by atoms with E-state index in [1.54, 1.807) is 0 Å². The predicted octanol–water partition coefficient (Wildman–Crippen LogP) is 0.969. The molecular weight excluding hydrogens is 244 g/mol. The van der Waals surface area contributed by atoms with Crippen molar-refractivity contribution >= 4 is 5.97 Å². The number of hydrogen-bond acceptors (Lipinski definition) is 5. The molecule has 1 aromatic heterocycles. The maximum atomic E-state index is 12.0. The molecule has 0 spiro atoms. The van der Waals surface area contributed by atoms with E-state index in [4.69, 9.17) is 4.74 Å². The van der Waals surface area contributed by atoms with Crippen LogP contribution in [0.3, 0.4) is 0 Å². The van der Waals surface area contributed by atoms with Crippen LogP contribution in [0.1, 0.15) is 37.8 Å². The van der Waals surface area contributed by atoms with E-state index in [0.29, 0.717) is 19.0 Å². The molecule has 19 heavy (non-hydrogen) atoms. The molecule has 1 fully saturated rings. The van der Waals surface area contributed by atoms with Crippen LogP contribution in [-0.4, -0.2) is 39.4 Å². The van der Waals surface area contributed by atoms with Gasteiger partial charge in [0, 0.05) is 12.6 Å². The first-order valence-corrected chi connectivity index (χ1v) is 6.69. The first kappa shape index (κ1) is 14.0. The van der Waals surface area contributed by atoms with Crippen LogP contribution >= 0.6 is 0 Å². The molecule has 0 amide bonds. The molecule has 1 unspecified atom stereocenters. The fourth-order valence-corrected chi connectivity index (χ4v) is 2.24. The summed E-state index contributed by atoms with van der Waals surface area (Å²) in [6.07, 6.45) is 2.90. The standard InChI is InChI=1S/C13H22N4O2/c1-9-14-10(2)17(16-9)8-7-13(3,12(18)19-4)15-11-5-6-11/h11,15H,5-8H2,1-4H3. The molecule has 0 bridgehead atoms. The number of methoxy groups -OCH3 is 1. The average Bonchev–Trinajstić information content (AvgIpc) is 3.10. The van der Waals surface area contributed by atoms with E-state index in [-0.39, 0.29) is 5.97 Å². The lowest BCUT2D eigenvalue weighted by atomic mass is 9.97. The van der Waals surface area contributed by atoms with Gasteiger partial charge in [0.25, 0.3) is 0 Å². The van der Waals surface area contributed by atoms with Gasteiger partial charge in [-0.2, -0.15) is 5.10 Å². The second-order valence-corrected chi connectivity index (χ2v) is 5.42. The molecule has 0 aliphatic heterocycles. The summed E-state index contributed by atoms with van der Waals surface area (Å²) in [4.78, 5) is 16.2. The van der Waals surface area contributed by atoms with Crippen LogP contribution in [0.15, 0.2) is 0 Å². The number of aromatic nitrogens is 3. The van der Waals surface area contributed by atoms with Gasteiger partial charge < -0.3 is 4.74 Å². The van der Waals surface area contributed by atoms with Crippen molar-refractivity contribution in [3.05, 3.63) is 11.6 Å². The van der Waals surface area contributed by atoms with Gasteiger partial charge in [0.15, 0.2) is 0 Å². The summed E-state index contributed by atoms with van der Waals surface area (Å²) in [7, 11) is 1.43. The van der Waals surface area contributed by atoms with Crippen molar-refractivity contribution in [2.45, 2.75) is 58.2 Å². The number of ether oxygens (including phenoxy) is 1. The molecule has 1 aromatic rings. The summed E-state index contributed by atoms with van der Waals surface area (Å²) in [5.41, 5.74) is -0.651. The van der Waals surface area contributed by atoms with Crippen LogP contribution in [0, 0.1) is 13.8 Å². The molecule has 1 saturated carbocycles. The van der Waals surface area contributed by atoms with Gasteiger partial charge in [0.1, 0.15) is 17.2 Å². The third-order valence-corrected chi connectivity index (χ3v) is 3.52. The number of rotatable bonds is 6. The van der Waals surface area contributed by atoms with Crippen LogP contribution in [0.25, 0.3) is 0 Å². The fourth-order valence-electron chi connectivity index (χ4n) is 2.24. The highest BCUT2D eigenvalue weighted by Crippen LogP contribution is 2.25. The Labute approximate surface area is 113 Å². The maximum Gasteiger partial charge on any atom is 0.325 e. The molecule has 1 heterocycles. The lowest BCUT2D eigenvalue weighted by Gasteiger charge is -2.28. The van der Waals surface area contributed by atoms with Gasteiger partial charge in [-0.25, -0.2) is 4.98 Å². The van der Waals surface area contributed by atoms with Crippen LogP contribution in [0.5, 0.6) is 0 Å². The lowest BCUT2D eigenvalue weighted by Crippen LogP contribution is -2.51. The molecular formula is C13H22N4O2. The zero-order valence-corrected chi connectivity index (χ0v) is 12.1. The molecule has 0 saturated heterocycles.